The van der Waals surface area contributed by atoms with Gasteiger partial charge in [0.25, 0.3) is 0 Å². The molecule has 0 radical (unpaired) electrons. The van der Waals surface area contributed by atoms with E-state index in [0.29, 0.717) is 0 Å². The molecule has 1 aliphatic rings. The van der Waals surface area contributed by atoms with Gasteiger partial charge in [0.1, 0.15) is 5.66 Å². The van der Waals surface area contributed by atoms with Crippen LogP contribution in [0, 0.1) is 0 Å². The minimum Gasteiger partial charge on any atom is -0.388 e. The van der Waals surface area contributed by atoms with Crippen LogP contribution in [0.1, 0.15) is 12.8 Å². The molecule has 2 atom stereocenters. The molecule has 20 heavy (non-hydrogen) atoms. The van der Waals surface area contributed by atoms with Gasteiger partial charge in [-0.05, 0) is 6.42 Å². The van der Waals surface area contributed by atoms with E-state index in [0.717, 1.165) is 14.2 Å². The molecule has 1 fully saturated rings. The Morgan fingerprint density at radius 2 is 1.65 bits per heavy atom. The number of carbonyl (C=O) groups is 1. The summed E-state index contributed by atoms with van der Waals surface area (Å²) < 4.78 is 43.8. The smallest absolute Gasteiger partial charge is 0.343 e. The van der Waals surface area contributed by atoms with Crippen LogP contribution in [0.4, 0.5) is 0 Å². The molecule has 1 aliphatic carbocycles. The van der Waals surface area contributed by atoms with Gasteiger partial charge in [0.2, 0.25) is 0 Å². The van der Waals surface area contributed by atoms with Crippen LogP contribution >= 0.6 is 15.2 Å². The van der Waals surface area contributed by atoms with Crippen molar-refractivity contribution in [3.05, 3.63) is 0 Å². The lowest BCUT2D eigenvalue weighted by Crippen LogP contribution is -2.44. The van der Waals surface area contributed by atoms with Crippen LogP contribution in [0.5, 0.6) is 0 Å². The van der Waals surface area contributed by atoms with Gasteiger partial charge in [-0.3, -0.25) is 13.9 Å². The highest BCUT2D eigenvalue weighted by Gasteiger charge is 2.59. The molecule has 10 heteroatoms. The highest BCUT2D eigenvalue weighted by Crippen LogP contribution is 2.62. The third-order valence-electron chi connectivity index (χ3n) is 3.47. The lowest BCUT2D eigenvalue weighted by molar-refractivity contribution is -0.118. The zero-order chi connectivity index (χ0) is 15.6. The first-order valence-electron chi connectivity index (χ1n) is 5.87. The quantitative estimate of drug-likeness (QED) is 0.698. The number of hydrogen-bond donors (Lipinski definition) is 1. The Morgan fingerprint density at radius 3 is 2.05 bits per heavy atom. The Hall–Kier alpha value is -0.0700. The monoisotopic (exact) mass is 330 g/mol. The van der Waals surface area contributed by atoms with Crippen LogP contribution in [-0.4, -0.2) is 56.8 Å². The van der Waals surface area contributed by atoms with E-state index in [9.17, 15) is 19.0 Å². The van der Waals surface area contributed by atoms with Crippen molar-refractivity contribution in [1.82, 2.24) is 0 Å². The van der Waals surface area contributed by atoms with Gasteiger partial charge < -0.3 is 23.2 Å². The first-order valence-corrected chi connectivity index (χ1v) is 9.21. The van der Waals surface area contributed by atoms with Gasteiger partial charge in [-0.2, -0.15) is 0 Å². The molecule has 0 aromatic carbocycles. The van der Waals surface area contributed by atoms with Crippen LogP contribution in [0.25, 0.3) is 0 Å². The van der Waals surface area contributed by atoms with Crippen molar-refractivity contribution in [2.24, 2.45) is 0 Å². The van der Waals surface area contributed by atoms with Gasteiger partial charge in [-0.25, -0.2) is 0 Å². The van der Waals surface area contributed by atoms with Crippen LogP contribution in [0.3, 0.4) is 0 Å². The molecule has 0 spiro atoms. The third kappa shape index (κ3) is 3.22. The predicted octanol–water partition coefficient (Wildman–Crippen LogP) is 1.42. The van der Waals surface area contributed by atoms with Crippen molar-refractivity contribution in [2.75, 3.05) is 34.6 Å². The Kier molecular flexibility index (Phi) is 5.72. The van der Waals surface area contributed by atoms with Crippen molar-refractivity contribution in [1.29, 1.82) is 0 Å². The van der Waals surface area contributed by atoms with E-state index in [1.807, 2.05) is 0 Å². The van der Waals surface area contributed by atoms with Gasteiger partial charge in [0.15, 0.2) is 5.78 Å². The van der Waals surface area contributed by atoms with Crippen molar-refractivity contribution < 1.29 is 37.1 Å². The standard InChI is InChI=1S/C10H20O8P2/c1-15-19(13,16-2)7-10(12)6-5-8(11)9(10)20(14,17-3)18-4/h9,12H,5-7H2,1-4H3. The number of aliphatic hydroxyl groups is 1. The Morgan fingerprint density at radius 1 is 1.15 bits per heavy atom. The molecule has 2 unspecified atom stereocenters. The fraction of sp³-hybridized carbons (Fsp3) is 0.900. The van der Waals surface area contributed by atoms with Crippen molar-refractivity contribution in [3.8, 4) is 0 Å². The molecule has 0 amide bonds. The second-order valence-electron chi connectivity index (χ2n) is 4.51. The first kappa shape index (κ1) is 18.0. The minimum absolute atomic E-state index is 0.00863. The van der Waals surface area contributed by atoms with Crippen molar-refractivity contribution in [3.63, 3.8) is 0 Å². The van der Waals surface area contributed by atoms with Gasteiger partial charge >= 0.3 is 15.2 Å². The molecule has 0 aromatic rings. The summed E-state index contributed by atoms with van der Waals surface area (Å²) in [6.07, 6.45) is -0.477. The van der Waals surface area contributed by atoms with Gasteiger partial charge in [0.05, 0.1) is 11.8 Å². The molecule has 118 valence electrons. The highest BCUT2D eigenvalue weighted by atomic mass is 31.2. The fourth-order valence-electron chi connectivity index (χ4n) is 2.37. The van der Waals surface area contributed by atoms with E-state index in [1.165, 1.54) is 14.2 Å². The van der Waals surface area contributed by atoms with Crippen molar-refractivity contribution >= 4 is 21.0 Å². The summed E-state index contributed by atoms with van der Waals surface area (Å²) in [7, 11) is -2.83. The lowest BCUT2D eigenvalue weighted by Gasteiger charge is -2.33. The average molecular weight is 330 g/mol. The zero-order valence-electron chi connectivity index (χ0n) is 11.9. The van der Waals surface area contributed by atoms with Crippen LogP contribution < -0.4 is 0 Å². The Labute approximate surface area is 117 Å². The molecule has 0 aliphatic heterocycles. The number of hydrogen-bond acceptors (Lipinski definition) is 8. The highest BCUT2D eigenvalue weighted by molar-refractivity contribution is 7.56. The second kappa shape index (κ2) is 6.36. The average Bonchev–Trinajstić information content (AvgIpc) is 2.73. The first-order chi connectivity index (χ1) is 9.20. The van der Waals surface area contributed by atoms with E-state index in [4.69, 9.17) is 18.1 Å². The largest absolute Gasteiger partial charge is 0.388 e. The molecule has 0 heterocycles. The number of Topliss-reactive ketones (excluding diaryl/α,β-unsaturated/α-hetero) is 1. The van der Waals surface area contributed by atoms with Gasteiger partial charge in [-0.15, -0.1) is 0 Å². The molecule has 1 N–H and O–H groups in total. The Balaban J connectivity index is 3.18. The van der Waals surface area contributed by atoms with Gasteiger partial charge in [0, 0.05) is 34.9 Å². The molecular weight excluding hydrogens is 310 g/mol. The molecule has 1 rings (SSSR count). The zero-order valence-corrected chi connectivity index (χ0v) is 13.7. The van der Waals surface area contributed by atoms with E-state index < -0.39 is 38.4 Å². The number of carbonyl (C=O) groups excluding carboxylic acids is 1. The maximum Gasteiger partial charge on any atom is 0.343 e. The lowest BCUT2D eigenvalue weighted by atomic mass is 10.1. The van der Waals surface area contributed by atoms with Crippen molar-refractivity contribution in [2.45, 2.75) is 24.1 Å². The second-order valence-corrected chi connectivity index (χ2v) is 9.11. The maximum absolute atomic E-state index is 12.4. The predicted molar refractivity (Wildman–Crippen MR) is 71.1 cm³/mol. The summed E-state index contributed by atoms with van der Waals surface area (Å²) >= 11 is 0. The summed E-state index contributed by atoms with van der Waals surface area (Å²) in [5, 5.41) is 10.6. The molecular formula is C10H20O8P2. The topological polar surface area (TPSA) is 108 Å². The fourth-order valence-corrected chi connectivity index (χ4v) is 5.80. The molecule has 0 bridgehead atoms. The minimum atomic E-state index is -3.85. The van der Waals surface area contributed by atoms with E-state index >= 15 is 0 Å². The molecule has 1 saturated carbocycles. The third-order valence-corrected chi connectivity index (χ3v) is 7.93. The normalized spacial score (nSPS) is 28.1. The van der Waals surface area contributed by atoms with E-state index in [2.05, 4.69) is 0 Å². The van der Waals surface area contributed by atoms with Crippen LogP contribution in [0.2, 0.25) is 0 Å². The number of ketones is 1. The van der Waals surface area contributed by atoms with E-state index in [1.54, 1.807) is 0 Å². The maximum atomic E-state index is 12.4. The van der Waals surface area contributed by atoms with Crippen LogP contribution in [-0.2, 0) is 32.0 Å². The summed E-state index contributed by atoms with van der Waals surface area (Å²) in [6, 6.07) is 0. The van der Waals surface area contributed by atoms with E-state index in [-0.39, 0.29) is 12.8 Å². The SMILES string of the molecule is COP(=O)(CC1(O)CCC(=O)C1P(=O)(OC)OC)OC. The molecule has 0 aromatic heterocycles. The molecule has 8 nitrogen and oxygen atoms in total. The summed E-state index contributed by atoms with van der Waals surface area (Å²) in [4.78, 5) is 12.0. The number of rotatable bonds is 7. The summed E-state index contributed by atoms with van der Waals surface area (Å²) in [6.45, 7) is 0. The van der Waals surface area contributed by atoms with Crippen LogP contribution in [0.15, 0.2) is 0 Å². The molecule has 0 saturated heterocycles. The Bertz CT molecular complexity index is 448. The van der Waals surface area contributed by atoms with Gasteiger partial charge in [-0.1, -0.05) is 0 Å². The summed E-state index contributed by atoms with van der Waals surface area (Å²) in [5.41, 5.74) is -3.22. The summed E-state index contributed by atoms with van der Waals surface area (Å²) in [5.74, 6) is -0.460.